The van der Waals surface area contributed by atoms with E-state index in [1.165, 1.54) is 18.2 Å². The molecule has 1 unspecified atom stereocenters. The number of hydrogen-bond acceptors (Lipinski definition) is 6. The minimum absolute atomic E-state index is 0.127. The average Bonchev–Trinajstić information content (AvgIpc) is 3.43. The van der Waals surface area contributed by atoms with Crippen molar-refractivity contribution in [2.24, 2.45) is 5.18 Å². The quantitative estimate of drug-likeness (QED) is 0.465. The number of halogens is 1. The number of carbonyl (C=O) groups excluding carboxylic acids is 2. The van der Waals surface area contributed by atoms with Crippen molar-refractivity contribution in [2.75, 3.05) is 13.2 Å². The van der Waals surface area contributed by atoms with Gasteiger partial charge in [-0.2, -0.15) is 5.10 Å². The van der Waals surface area contributed by atoms with E-state index in [0.29, 0.717) is 23.4 Å². The van der Waals surface area contributed by atoms with Gasteiger partial charge in [-0.3, -0.25) is 9.48 Å². The summed E-state index contributed by atoms with van der Waals surface area (Å²) in [5, 5.41) is 7.19. The number of esters is 1. The van der Waals surface area contributed by atoms with Crippen LogP contribution in [0.2, 0.25) is 0 Å². The molecule has 32 heavy (non-hydrogen) atoms. The molecule has 1 aliphatic heterocycles. The van der Waals surface area contributed by atoms with Gasteiger partial charge in [0.25, 0.3) is 5.91 Å². The second-order valence-electron chi connectivity index (χ2n) is 7.64. The highest BCUT2D eigenvalue weighted by Gasteiger charge is 2.35. The lowest BCUT2D eigenvalue weighted by molar-refractivity contribution is 0.0512. The first-order valence-corrected chi connectivity index (χ1v) is 10.2. The Balaban J connectivity index is 1.72. The molecule has 0 aliphatic carbocycles. The number of carbonyl (C=O) groups is 2. The van der Waals surface area contributed by atoms with Gasteiger partial charge in [0, 0.05) is 29.9 Å². The van der Waals surface area contributed by atoms with Crippen molar-refractivity contribution >= 4 is 17.6 Å². The molecule has 166 valence electrons. The van der Waals surface area contributed by atoms with Crippen LogP contribution in [-0.4, -0.2) is 44.7 Å². The van der Waals surface area contributed by atoms with Gasteiger partial charge in [0.15, 0.2) is 11.5 Å². The van der Waals surface area contributed by atoms with Gasteiger partial charge in [0.1, 0.15) is 11.4 Å². The number of fused-ring (bicyclic) bond motifs is 1. The molecule has 3 aromatic rings. The fourth-order valence-electron chi connectivity index (χ4n) is 4.06. The predicted octanol–water partition coefficient (Wildman–Crippen LogP) is 3.73. The van der Waals surface area contributed by atoms with E-state index in [-0.39, 0.29) is 42.9 Å². The number of benzene rings is 1. The smallest absolute Gasteiger partial charge is 0.359 e. The minimum atomic E-state index is -0.703. The SMILES string of the molecule is CCOC(=O)c1nn(Cc2ccc(F)c(N=O)c2)c2c1CN(C(=O)c1ccc[nH]1)CC2C. The zero-order chi connectivity index (χ0) is 22.8. The number of amides is 1. The van der Waals surface area contributed by atoms with Crippen LogP contribution in [0.4, 0.5) is 10.1 Å². The third-order valence-corrected chi connectivity index (χ3v) is 5.43. The molecule has 0 bridgehead atoms. The fourth-order valence-corrected chi connectivity index (χ4v) is 4.06. The molecule has 1 N–H and O–H groups in total. The molecule has 0 saturated carbocycles. The van der Waals surface area contributed by atoms with E-state index < -0.39 is 11.8 Å². The van der Waals surface area contributed by atoms with Crippen molar-refractivity contribution in [1.29, 1.82) is 0 Å². The molecule has 1 aliphatic rings. The van der Waals surface area contributed by atoms with Crippen molar-refractivity contribution in [2.45, 2.75) is 32.9 Å². The van der Waals surface area contributed by atoms with Crippen molar-refractivity contribution in [3.63, 3.8) is 0 Å². The first kappa shape index (κ1) is 21.4. The molecule has 1 amide bonds. The Morgan fingerprint density at radius 2 is 2.16 bits per heavy atom. The molecule has 1 aromatic carbocycles. The summed E-state index contributed by atoms with van der Waals surface area (Å²) in [6.45, 7) is 4.69. The average molecular weight is 439 g/mol. The van der Waals surface area contributed by atoms with E-state index in [4.69, 9.17) is 4.74 Å². The lowest BCUT2D eigenvalue weighted by Crippen LogP contribution is -2.38. The van der Waals surface area contributed by atoms with E-state index in [1.54, 1.807) is 34.8 Å². The lowest BCUT2D eigenvalue weighted by Gasteiger charge is -2.31. The van der Waals surface area contributed by atoms with Crippen molar-refractivity contribution in [3.8, 4) is 0 Å². The Morgan fingerprint density at radius 3 is 2.84 bits per heavy atom. The number of nitrogens with zero attached hydrogens (tertiary/aromatic N) is 4. The number of ether oxygens (including phenoxy) is 1. The van der Waals surface area contributed by atoms with E-state index in [9.17, 15) is 18.9 Å². The molecule has 3 heterocycles. The van der Waals surface area contributed by atoms with E-state index in [1.807, 2.05) is 6.92 Å². The van der Waals surface area contributed by atoms with Gasteiger partial charge >= 0.3 is 5.97 Å². The summed E-state index contributed by atoms with van der Waals surface area (Å²) in [7, 11) is 0. The Kier molecular flexibility index (Phi) is 5.85. The lowest BCUT2D eigenvalue weighted by atomic mass is 9.95. The van der Waals surface area contributed by atoms with Crippen molar-refractivity contribution in [3.05, 3.63) is 75.5 Å². The molecule has 0 saturated heterocycles. The van der Waals surface area contributed by atoms with Crippen LogP contribution in [0.1, 0.15) is 57.6 Å². The van der Waals surface area contributed by atoms with E-state index in [0.717, 1.165) is 5.69 Å². The molecule has 2 aromatic heterocycles. The highest BCUT2D eigenvalue weighted by molar-refractivity contribution is 5.93. The van der Waals surface area contributed by atoms with Crippen LogP contribution in [0, 0.1) is 10.7 Å². The second-order valence-corrected chi connectivity index (χ2v) is 7.64. The molecule has 4 rings (SSSR count). The van der Waals surface area contributed by atoms with Gasteiger partial charge in [-0.15, -0.1) is 4.91 Å². The zero-order valence-corrected chi connectivity index (χ0v) is 17.7. The Bertz CT molecular complexity index is 1170. The van der Waals surface area contributed by atoms with E-state index >= 15 is 0 Å². The van der Waals surface area contributed by atoms with Gasteiger partial charge in [0.2, 0.25) is 0 Å². The number of aromatic nitrogens is 3. The Hall–Kier alpha value is -3.82. The summed E-state index contributed by atoms with van der Waals surface area (Å²) in [6.07, 6.45) is 1.68. The van der Waals surface area contributed by atoms with Gasteiger partial charge in [0.05, 0.1) is 19.7 Å². The van der Waals surface area contributed by atoms with Crippen LogP contribution in [0.25, 0.3) is 0 Å². The summed E-state index contributed by atoms with van der Waals surface area (Å²) < 4.78 is 20.5. The van der Waals surface area contributed by atoms with E-state index in [2.05, 4.69) is 15.3 Å². The molecule has 1 atom stereocenters. The third-order valence-electron chi connectivity index (χ3n) is 5.43. The topological polar surface area (TPSA) is 110 Å². The number of rotatable bonds is 6. The minimum Gasteiger partial charge on any atom is -0.461 e. The zero-order valence-electron chi connectivity index (χ0n) is 17.7. The van der Waals surface area contributed by atoms with Gasteiger partial charge in [-0.25, -0.2) is 9.18 Å². The molecule has 0 fully saturated rings. The summed E-state index contributed by atoms with van der Waals surface area (Å²) in [5.41, 5.74) is 2.36. The maximum atomic E-state index is 13.7. The first-order chi connectivity index (χ1) is 15.4. The first-order valence-electron chi connectivity index (χ1n) is 10.2. The standard InChI is InChI=1S/C22H22FN5O4/c1-3-32-22(30)19-15-12-27(21(29)17-5-4-8-24-17)10-13(2)20(15)28(25-19)11-14-6-7-16(23)18(9-14)26-31/h4-9,13,24H,3,10-12H2,1-2H3. The van der Waals surface area contributed by atoms with Crippen molar-refractivity contribution in [1.82, 2.24) is 19.7 Å². The normalized spacial score (nSPS) is 15.3. The highest BCUT2D eigenvalue weighted by Crippen LogP contribution is 2.32. The maximum Gasteiger partial charge on any atom is 0.359 e. The van der Waals surface area contributed by atoms with Crippen LogP contribution >= 0.6 is 0 Å². The van der Waals surface area contributed by atoms with Gasteiger partial charge < -0.3 is 14.6 Å². The van der Waals surface area contributed by atoms with Crippen molar-refractivity contribution < 1.29 is 18.7 Å². The largest absolute Gasteiger partial charge is 0.461 e. The summed E-state index contributed by atoms with van der Waals surface area (Å²) in [5.74, 6) is -1.57. The Labute approximate surface area is 183 Å². The van der Waals surface area contributed by atoms with Crippen LogP contribution in [0.3, 0.4) is 0 Å². The van der Waals surface area contributed by atoms with Crippen LogP contribution in [-0.2, 0) is 17.8 Å². The fraction of sp³-hybridized carbons (Fsp3) is 0.318. The number of hydrogen-bond donors (Lipinski definition) is 1. The third kappa shape index (κ3) is 3.91. The Morgan fingerprint density at radius 1 is 1.34 bits per heavy atom. The second kappa shape index (κ2) is 8.74. The number of H-pyrrole nitrogens is 1. The molecule has 0 radical (unpaired) electrons. The summed E-state index contributed by atoms with van der Waals surface area (Å²) in [4.78, 5) is 41.0. The summed E-state index contributed by atoms with van der Waals surface area (Å²) >= 11 is 0. The molecule has 10 heteroatoms. The maximum absolute atomic E-state index is 13.7. The molecular weight excluding hydrogens is 417 g/mol. The monoisotopic (exact) mass is 439 g/mol. The highest BCUT2D eigenvalue weighted by atomic mass is 19.1. The van der Waals surface area contributed by atoms with Gasteiger partial charge in [-0.1, -0.05) is 13.0 Å². The molecule has 9 nitrogen and oxygen atoms in total. The number of nitrogens with one attached hydrogen (secondary N) is 1. The number of aromatic amines is 1. The van der Waals surface area contributed by atoms with Crippen LogP contribution in [0.5, 0.6) is 0 Å². The van der Waals surface area contributed by atoms with Gasteiger partial charge in [-0.05, 0) is 41.9 Å². The predicted molar refractivity (Wildman–Crippen MR) is 113 cm³/mol. The van der Waals surface area contributed by atoms with Crippen LogP contribution < -0.4 is 0 Å². The molecule has 0 spiro atoms. The summed E-state index contributed by atoms with van der Waals surface area (Å²) in [6, 6.07) is 7.52. The number of nitroso groups, excluding NO2 is 1. The van der Waals surface area contributed by atoms with Crippen LogP contribution in [0.15, 0.2) is 41.7 Å². The molecular formula is C22H22FN5O4.